The second-order valence-electron chi connectivity index (χ2n) is 2.82. The number of rotatable bonds is 4. The van der Waals surface area contributed by atoms with Crippen molar-refractivity contribution < 1.29 is 34.6 Å². The lowest BCUT2D eigenvalue weighted by molar-refractivity contribution is -0.164. The number of hydrogen-bond donors (Lipinski definition) is 0. The van der Waals surface area contributed by atoms with Crippen LogP contribution in [-0.2, 0) is 15.0 Å². The van der Waals surface area contributed by atoms with Crippen LogP contribution in [0.4, 0.5) is 21.4 Å². The molecule has 0 aliphatic carbocycles. The van der Waals surface area contributed by atoms with E-state index in [-0.39, 0.29) is 6.61 Å². The summed E-state index contributed by atoms with van der Waals surface area (Å²) < 4.78 is 85.3. The highest BCUT2D eigenvalue weighted by molar-refractivity contribution is 7.87. The van der Waals surface area contributed by atoms with Crippen molar-refractivity contribution >= 4 is 10.2 Å². The van der Waals surface area contributed by atoms with Crippen LogP contribution in [0, 0.1) is 0 Å². The lowest BCUT2D eigenvalue weighted by Crippen LogP contribution is -2.46. The molecular formula is C5H5F5O3S. The van der Waals surface area contributed by atoms with Gasteiger partial charge < -0.3 is 4.74 Å². The van der Waals surface area contributed by atoms with Gasteiger partial charge in [0.05, 0.1) is 12.7 Å². The third-order valence-corrected chi connectivity index (χ3v) is 2.53. The van der Waals surface area contributed by atoms with Crippen molar-refractivity contribution in [1.29, 1.82) is 0 Å². The summed E-state index contributed by atoms with van der Waals surface area (Å²) in [7, 11) is -6.62. The zero-order valence-corrected chi connectivity index (χ0v) is 7.33. The lowest BCUT2D eigenvalue weighted by atomic mass is 10.2. The Labute approximate surface area is 76.1 Å². The molecule has 14 heavy (non-hydrogen) atoms. The van der Waals surface area contributed by atoms with Crippen LogP contribution >= 0.6 is 0 Å². The van der Waals surface area contributed by atoms with E-state index >= 15 is 0 Å². The SMILES string of the molecule is O=S(=O)(F)C(F)(F)C(F)(F)CC1CO1. The maximum absolute atomic E-state index is 12.5. The first-order valence-electron chi connectivity index (χ1n) is 3.39. The second kappa shape index (κ2) is 3.02. The van der Waals surface area contributed by atoms with Gasteiger partial charge in [-0.1, -0.05) is 3.89 Å². The maximum atomic E-state index is 12.5. The first kappa shape index (κ1) is 11.6. The van der Waals surface area contributed by atoms with Gasteiger partial charge in [0.2, 0.25) is 0 Å². The Hall–Kier alpha value is -0.440. The molecule has 0 saturated carbocycles. The predicted molar refractivity (Wildman–Crippen MR) is 34.3 cm³/mol. The number of ether oxygens (including phenoxy) is 1. The van der Waals surface area contributed by atoms with Gasteiger partial charge in [-0.2, -0.15) is 26.0 Å². The normalized spacial score (nSPS) is 23.6. The minimum Gasteiger partial charge on any atom is -0.373 e. The van der Waals surface area contributed by atoms with Crippen LogP contribution in [0.15, 0.2) is 0 Å². The standard InChI is InChI=1S/C5H5F5O3S/c6-4(7,1-3-2-13-3)5(8,9)14(10,11)12/h3H,1-2H2. The number of alkyl halides is 4. The van der Waals surface area contributed by atoms with Gasteiger partial charge in [-0.05, 0) is 0 Å². The summed E-state index contributed by atoms with van der Waals surface area (Å²) in [6.45, 7) is -0.155. The van der Waals surface area contributed by atoms with E-state index in [9.17, 15) is 29.9 Å². The molecule has 1 atom stereocenters. The van der Waals surface area contributed by atoms with E-state index in [1.54, 1.807) is 0 Å². The Kier molecular flexibility index (Phi) is 2.51. The van der Waals surface area contributed by atoms with Crippen molar-refractivity contribution in [2.75, 3.05) is 6.61 Å². The molecule has 0 N–H and O–H groups in total. The lowest BCUT2D eigenvalue weighted by Gasteiger charge is -2.21. The van der Waals surface area contributed by atoms with Gasteiger partial charge >= 0.3 is 21.4 Å². The molecule has 0 aromatic rings. The average Bonchev–Trinajstić information content (AvgIpc) is 2.67. The third-order valence-electron chi connectivity index (χ3n) is 1.62. The Bertz CT molecular complexity index is 320. The molecule has 1 aliphatic rings. The number of epoxide rings is 1. The Morgan fingerprint density at radius 3 is 2.00 bits per heavy atom. The zero-order valence-electron chi connectivity index (χ0n) is 6.51. The summed E-state index contributed by atoms with van der Waals surface area (Å²) in [4.78, 5) is 0. The largest absolute Gasteiger partial charge is 0.436 e. The molecule has 0 radical (unpaired) electrons. The van der Waals surface area contributed by atoms with Crippen molar-refractivity contribution in [2.45, 2.75) is 23.7 Å². The van der Waals surface area contributed by atoms with Gasteiger partial charge in [-0.3, -0.25) is 0 Å². The molecule has 1 unspecified atom stereocenters. The molecule has 0 amide bonds. The highest BCUT2D eigenvalue weighted by Gasteiger charge is 2.67. The van der Waals surface area contributed by atoms with Crippen LogP contribution in [-0.4, -0.2) is 32.3 Å². The molecule has 1 aliphatic heterocycles. The summed E-state index contributed by atoms with van der Waals surface area (Å²) in [6.07, 6.45) is -2.64. The minimum atomic E-state index is -6.62. The van der Waals surface area contributed by atoms with E-state index in [4.69, 9.17) is 0 Å². The topological polar surface area (TPSA) is 46.7 Å². The van der Waals surface area contributed by atoms with Crippen LogP contribution in [0.3, 0.4) is 0 Å². The number of halogens is 5. The van der Waals surface area contributed by atoms with Gasteiger partial charge in [0.1, 0.15) is 0 Å². The number of hydrogen-bond acceptors (Lipinski definition) is 3. The van der Waals surface area contributed by atoms with Crippen molar-refractivity contribution in [1.82, 2.24) is 0 Å². The third kappa shape index (κ3) is 1.97. The minimum absolute atomic E-state index is 0.155. The van der Waals surface area contributed by atoms with Crippen LogP contribution in [0.25, 0.3) is 0 Å². The molecule has 1 fully saturated rings. The molecule has 1 saturated heterocycles. The van der Waals surface area contributed by atoms with Gasteiger partial charge in [0.25, 0.3) is 0 Å². The van der Waals surface area contributed by atoms with E-state index in [0.29, 0.717) is 0 Å². The van der Waals surface area contributed by atoms with Crippen molar-refractivity contribution in [3.05, 3.63) is 0 Å². The molecule has 0 aromatic carbocycles. The smallest absolute Gasteiger partial charge is 0.373 e. The van der Waals surface area contributed by atoms with E-state index < -0.39 is 33.9 Å². The molecule has 84 valence electrons. The summed E-state index contributed by atoms with van der Waals surface area (Å²) >= 11 is 0. The molecule has 0 aromatic heterocycles. The predicted octanol–water partition coefficient (Wildman–Crippen LogP) is 1.30. The van der Waals surface area contributed by atoms with E-state index in [0.717, 1.165) is 0 Å². The van der Waals surface area contributed by atoms with Crippen LogP contribution in [0.2, 0.25) is 0 Å². The Morgan fingerprint density at radius 1 is 1.29 bits per heavy atom. The first-order valence-corrected chi connectivity index (χ1v) is 4.78. The van der Waals surface area contributed by atoms with Crippen LogP contribution in [0.1, 0.15) is 6.42 Å². The Morgan fingerprint density at radius 2 is 1.71 bits per heavy atom. The van der Waals surface area contributed by atoms with E-state index in [2.05, 4.69) is 4.74 Å². The fourth-order valence-corrected chi connectivity index (χ4v) is 1.21. The van der Waals surface area contributed by atoms with Crippen molar-refractivity contribution in [3.63, 3.8) is 0 Å². The summed E-state index contributed by atoms with van der Waals surface area (Å²) in [5.41, 5.74) is 0. The van der Waals surface area contributed by atoms with Gasteiger partial charge in [-0.15, -0.1) is 0 Å². The van der Waals surface area contributed by atoms with Crippen LogP contribution in [0.5, 0.6) is 0 Å². The molecule has 3 nitrogen and oxygen atoms in total. The zero-order chi connectivity index (χ0) is 11.2. The molecular weight excluding hydrogens is 235 g/mol. The molecule has 0 bridgehead atoms. The van der Waals surface area contributed by atoms with Crippen molar-refractivity contribution in [3.8, 4) is 0 Å². The highest BCUT2D eigenvalue weighted by atomic mass is 32.3. The molecule has 1 heterocycles. The van der Waals surface area contributed by atoms with Gasteiger partial charge in [0.15, 0.2) is 0 Å². The average molecular weight is 240 g/mol. The van der Waals surface area contributed by atoms with Crippen molar-refractivity contribution in [2.24, 2.45) is 0 Å². The Balaban J connectivity index is 2.88. The summed E-state index contributed by atoms with van der Waals surface area (Å²) in [6, 6.07) is 0. The monoisotopic (exact) mass is 240 g/mol. The molecule has 1 rings (SSSR count). The fourth-order valence-electron chi connectivity index (χ4n) is 0.769. The fraction of sp³-hybridized carbons (Fsp3) is 1.00. The van der Waals surface area contributed by atoms with E-state index in [1.807, 2.05) is 0 Å². The van der Waals surface area contributed by atoms with Gasteiger partial charge in [-0.25, -0.2) is 0 Å². The molecule has 0 spiro atoms. The highest BCUT2D eigenvalue weighted by Crippen LogP contribution is 2.44. The van der Waals surface area contributed by atoms with E-state index in [1.165, 1.54) is 0 Å². The maximum Gasteiger partial charge on any atom is 0.436 e. The first-order chi connectivity index (χ1) is 6.08. The molecule has 9 heteroatoms. The second-order valence-corrected chi connectivity index (χ2v) is 4.21. The quantitative estimate of drug-likeness (QED) is 0.422. The van der Waals surface area contributed by atoms with Crippen LogP contribution < -0.4 is 0 Å². The summed E-state index contributed by atoms with van der Waals surface area (Å²) in [5.74, 6) is -4.96. The van der Waals surface area contributed by atoms with Gasteiger partial charge in [0, 0.05) is 6.42 Å². The summed E-state index contributed by atoms with van der Waals surface area (Å²) in [5, 5.41) is -5.70.